The number of thioether (sulfide) groups is 2. The molecule has 0 bridgehead atoms. The molecular formula is C19H30O4S3. The maximum atomic E-state index is 12.4. The van der Waals surface area contributed by atoms with E-state index in [1.165, 1.54) is 30.1 Å². The molecule has 1 aliphatic rings. The van der Waals surface area contributed by atoms with Crippen molar-refractivity contribution in [3.8, 4) is 0 Å². The van der Waals surface area contributed by atoms with Gasteiger partial charge in [-0.05, 0) is 62.2 Å². The van der Waals surface area contributed by atoms with E-state index in [4.69, 9.17) is 4.18 Å². The number of hydrogen-bond donors (Lipinski definition) is 1. The van der Waals surface area contributed by atoms with E-state index in [9.17, 15) is 13.5 Å². The maximum Gasteiger partial charge on any atom is 0.297 e. The van der Waals surface area contributed by atoms with Crippen LogP contribution in [0.25, 0.3) is 0 Å². The molecule has 1 fully saturated rings. The zero-order chi connectivity index (χ0) is 19.3. The van der Waals surface area contributed by atoms with Crippen LogP contribution in [0.4, 0.5) is 0 Å². The van der Waals surface area contributed by atoms with Gasteiger partial charge in [-0.2, -0.15) is 8.42 Å². The quantitative estimate of drug-likeness (QED) is 0.635. The average Bonchev–Trinajstić information content (AvgIpc) is 2.61. The van der Waals surface area contributed by atoms with Crippen molar-refractivity contribution in [2.45, 2.75) is 62.2 Å². The van der Waals surface area contributed by atoms with Gasteiger partial charge >= 0.3 is 0 Å². The molecule has 0 unspecified atom stereocenters. The summed E-state index contributed by atoms with van der Waals surface area (Å²) >= 11 is 3.99. The summed E-state index contributed by atoms with van der Waals surface area (Å²) in [6, 6.07) is 6.54. The van der Waals surface area contributed by atoms with Crippen LogP contribution in [0, 0.1) is 18.8 Å². The fraction of sp³-hybridized carbons (Fsp3) is 0.684. The van der Waals surface area contributed by atoms with E-state index in [0.717, 1.165) is 12.0 Å². The molecule has 0 aromatic heterocycles. The summed E-state index contributed by atoms with van der Waals surface area (Å²) in [4.78, 5) is 0.123. The smallest absolute Gasteiger partial charge is 0.297 e. The molecule has 1 heterocycles. The summed E-state index contributed by atoms with van der Waals surface area (Å²) in [5.41, 5.74) is 0.984. The average molecular weight is 419 g/mol. The van der Waals surface area contributed by atoms with Gasteiger partial charge in [0.25, 0.3) is 10.1 Å². The van der Waals surface area contributed by atoms with Crippen LogP contribution in [0.3, 0.4) is 0 Å². The molecule has 1 aromatic rings. The Kier molecular flexibility index (Phi) is 8.34. The zero-order valence-corrected chi connectivity index (χ0v) is 18.4. The van der Waals surface area contributed by atoms with Crippen molar-refractivity contribution in [1.82, 2.24) is 0 Å². The second-order valence-electron chi connectivity index (χ2n) is 7.21. The summed E-state index contributed by atoms with van der Waals surface area (Å²) in [7, 11) is -3.87. The minimum atomic E-state index is -3.87. The fourth-order valence-electron chi connectivity index (χ4n) is 3.15. The van der Waals surface area contributed by atoms with Crippen molar-refractivity contribution in [3.05, 3.63) is 29.8 Å². The van der Waals surface area contributed by atoms with E-state index < -0.39 is 22.3 Å². The van der Waals surface area contributed by atoms with Crippen molar-refractivity contribution in [2.24, 2.45) is 11.8 Å². The van der Waals surface area contributed by atoms with Crippen molar-refractivity contribution >= 4 is 33.6 Å². The maximum absolute atomic E-state index is 12.4. The van der Waals surface area contributed by atoms with Gasteiger partial charge in [-0.3, -0.25) is 4.18 Å². The normalized spacial score (nSPS) is 21.1. The lowest BCUT2D eigenvalue weighted by molar-refractivity contribution is 0.00880. The Morgan fingerprint density at radius 3 is 2.31 bits per heavy atom. The predicted molar refractivity (Wildman–Crippen MR) is 111 cm³/mol. The third kappa shape index (κ3) is 6.16. The summed E-state index contributed by atoms with van der Waals surface area (Å²) in [6.45, 7) is 7.71. The molecule has 1 aliphatic heterocycles. The van der Waals surface area contributed by atoms with E-state index in [2.05, 4.69) is 6.92 Å². The first-order valence-corrected chi connectivity index (χ1v) is 12.6. The first kappa shape index (κ1) is 22.1. The van der Waals surface area contributed by atoms with E-state index in [0.29, 0.717) is 10.5 Å². The summed E-state index contributed by atoms with van der Waals surface area (Å²) < 4.78 is 30.7. The Hall–Kier alpha value is -0.210. The van der Waals surface area contributed by atoms with Crippen molar-refractivity contribution in [2.75, 3.05) is 11.5 Å². The van der Waals surface area contributed by atoms with Gasteiger partial charge in [-0.15, -0.1) is 23.5 Å². The molecule has 26 heavy (non-hydrogen) atoms. The van der Waals surface area contributed by atoms with Gasteiger partial charge in [0.05, 0.1) is 15.6 Å². The lowest BCUT2D eigenvalue weighted by Gasteiger charge is -2.31. The number of rotatable bonds is 8. The Balaban J connectivity index is 1.92. The van der Waals surface area contributed by atoms with Crippen LogP contribution in [0.15, 0.2) is 29.2 Å². The Bertz CT molecular complexity index is 654. The van der Waals surface area contributed by atoms with Gasteiger partial charge in [0.1, 0.15) is 6.10 Å². The lowest BCUT2D eigenvalue weighted by atomic mass is 9.91. The minimum Gasteiger partial charge on any atom is -0.390 e. The van der Waals surface area contributed by atoms with Gasteiger partial charge in [-0.25, -0.2) is 0 Å². The van der Waals surface area contributed by atoms with Gasteiger partial charge in [0.2, 0.25) is 0 Å². The third-order valence-electron chi connectivity index (χ3n) is 4.71. The first-order valence-electron chi connectivity index (χ1n) is 9.12. The number of hydrogen-bond acceptors (Lipinski definition) is 6. The van der Waals surface area contributed by atoms with E-state index in [-0.39, 0.29) is 10.8 Å². The second-order valence-corrected chi connectivity index (χ2v) is 11.6. The van der Waals surface area contributed by atoms with Gasteiger partial charge in [-0.1, -0.05) is 31.5 Å². The van der Waals surface area contributed by atoms with Crippen LogP contribution in [-0.2, 0) is 14.3 Å². The van der Waals surface area contributed by atoms with E-state index >= 15 is 0 Å². The molecule has 1 N–H and O–H groups in total. The molecule has 4 nitrogen and oxygen atoms in total. The van der Waals surface area contributed by atoms with Crippen LogP contribution < -0.4 is 0 Å². The first-order chi connectivity index (χ1) is 12.2. The third-order valence-corrected chi connectivity index (χ3v) is 9.57. The van der Waals surface area contributed by atoms with Crippen LogP contribution in [0.2, 0.25) is 0 Å². The SMILES string of the molecule is Cc1ccc(S(=O)(=O)O[C@H](C)[C@@H](O)[C@@H](C)C[C@@H](C)C2SCCCS2)cc1. The summed E-state index contributed by atoms with van der Waals surface area (Å²) in [5.74, 6) is 2.84. The summed E-state index contributed by atoms with van der Waals surface area (Å²) in [5, 5.41) is 10.6. The highest BCUT2D eigenvalue weighted by molar-refractivity contribution is 8.17. The fourth-order valence-corrected chi connectivity index (χ4v) is 7.36. The Morgan fingerprint density at radius 2 is 1.73 bits per heavy atom. The molecule has 0 saturated carbocycles. The molecule has 148 valence electrons. The minimum absolute atomic E-state index is 0.0312. The number of aliphatic hydroxyl groups is 1. The number of aryl methyl sites for hydroxylation is 1. The van der Waals surface area contributed by atoms with Crippen LogP contribution in [0.1, 0.15) is 39.2 Å². The monoisotopic (exact) mass is 418 g/mol. The molecule has 0 aliphatic carbocycles. The molecular weight excluding hydrogens is 388 g/mol. The zero-order valence-electron chi connectivity index (χ0n) is 15.9. The topological polar surface area (TPSA) is 63.6 Å². The van der Waals surface area contributed by atoms with Crippen LogP contribution >= 0.6 is 23.5 Å². The second kappa shape index (κ2) is 9.82. The molecule has 1 aromatic carbocycles. The van der Waals surface area contributed by atoms with Gasteiger partial charge < -0.3 is 5.11 Å². The van der Waals surface area contributed by atoms with E-state index in [1.54, 1.807) is 19.1 Å². The van der Waals surface area contributed by atoms with Crippen LogP contribution in [-0.4, -0.2) is 41.8 Å². The molecule has 4 atom stereocenters. The molecule has 1 saturated heterocycles. The lowest BCUT2D eigenvalue weighted by Crippen LogP contribution is -2.35. The van der Waals surface area contributed by atoms with E-state index in [1.807, 2.05) is 37.4 Å². The van der Waals surface area contributed by atoms with Crippen molar-refractivity contribution < 1.29 is 17.7 Å². The Labute approximate surface area is 166 Å². The number of benzene rings is 1. The molecule has 0 spiro atoms. The van der Waals surface area contributed by atoms with Crippen molar-refractivity contribution in [1.29, 1.82) is 0 Å². The highest BCUT2D eigenvalue weighted by atomic mass is 32.2. The molecule has 2 rings (SSSR count). The highest BCUT2D eigenvalue weighted by Gasteiger charge is 2.30. The standard InChI is InChI=1S/C19H30O4S3/c1-13-6-8-17(9-7-13)26(21,22)23-16(4)18(20)14(2)12-15(3)19-24-10-5-11-25-19/h6-9,14-16,18-20H,5,10-12H2,1-4H3/t14-,15+,16+,18-/m0/s1. The largest absolute Gasteiger partial charge is 0.390 e. The predicted octanol–water partition coefficient (Wildman–Crippen LogP) is 4.31. The molecule has 0 radical (unpaired) electrons. The van der Waals surface area contributed by atoms with Gasteiger partial charge in [0.15, 0.2) is 0 Å². The van der Waals surface area contributed by atoms with Crippen LogP contribution in [0.5, 0.6) is 0 Å². The highest BCUT2D eigenvalue weighted by Crippen LogP contribution is 2.38. The number of aliphatic hydroxyl groups excluding tert-OH is 1. The summed E-state index contributed by atoms with van der Waals surface area (Å²) in [6.07, 6.45) is 0.509. The Morgan fingerprint density at radius 1 is 1.15 bits per heavy atom. The molecule has 0 amide bonds. The van der Waals surface area contributed by atoms with Gasteiger partial charge in [0, 0.05) is 0 Å². The van der Waals surface area contributed by atoms with Crippen molar-refractivity contribution in [3.63, 3.8) is 0 Å². The molecule has 7 heteroatoms.